The molecule has 0 aliphatic heterocycles. The van der Waals surface area contributed by atoms with Gasteiger partial charge in [0.1, 0.15) is 0 Å². The zero-order valence-corrected chi connectivity index (χ0v) is 39.3. The van der Waals surface area contributed by atoms with Crippen LogP contribution in [0.3, 0.4) is 0 Å². The highest BCUT2D eigenvalue weighted by Gasteiger charge is 2.33. The van der Waals surface area contributed by atoms with Crippen LogP contribution >= 0.6 is 0 Å². The summed E-state index contributed by atoms with van der Waals surface area (Å²) >= 11 is 0. The van der Waals surface area contributed by atoms with Gasteiger partial charge in [0.05, 0.1) is 0 Å². The van der Waals surface area contributed by atoms with E-state index in [2.05, 4.69) is 224 Å². The molecule has 0 radical (unpaired) electrons. The summed E-state index contributed by atoms with van der Waals surface area (Å²) in [4.78, 5) is 0. The topological polar surface area (TPSA) is 0 Å². The van der Waals surface area contributed by atoms with Crippen LogP contribution in [0.15, 0.2) is 182 Å². The summed E-state index contributed by atoms with van der Waals surface area (Å²) in [6.45, 7) is 13.9. The molecule has 0 aromatic heterocycles. The summed E-state index contributed by atoms with van der Waals surface area (Å²) in [5.41, 5.74) is 13.4. The molecule has 0 heterocycles. The van der Waals surface area contributed by atoms with Gasteiger partial charge in [0, 0.05) is 0 Å². The third kappa shape index (κ3) is 5.05. The maximum atomic E-state index is 2.52. The van der Waals surface area contributed by atoms with E-state index in [-0.39, 0.29) is 10.8 Å². The van der Waals surface area contributed by atoms with Crippen LogP contribution in [0.2, 0.25) is 0 Å². The molecular formula is C68H48. The highest BCUT2D eigenvalue weighted by Crippen LogP contribution is 2.61. The maximum absolute atomic E-state index is 2.52. The van der Waals surface area contributed by atoms with E-state index in [1.807, 2.05) is 0 Å². The lowest BCUT2D eigenvalue weighted by molar-refractivity contribution is 0.591. The molecule has 0 atom stereocenters. The van der Waals surface area contributed by atoms with Crippen LogP contribution in [0.1, 0.15) is 52.7 Å². The Morgan fingerprint density at radius 3 is 1.16 bits per heavy atom. The molecule has 0 bridgehead atoms. The van der Waals surface area contributed by atoms with E-state index in [0.717, 1.165) is 0 Å². The standard InChI is InChI=1S/C68H48/c1-67(2,3)46-30-42-20-18-37-22-26-52(50-28-24-44(32-46)58(42)60(37)50)63-55-34-39-12-7-8-13-40(39)35-56(55)64(66-57-36-41-14-9-10-15-48(41)49-16-11-17-54(62(49)57)65(63)66)53-27-23-38-19-21-43-31-47(68(4,5)6)33-45-25-29-51(53)61(38)59(43)45/h7-36H,1-6H3. The zero-order valence-electron chi connectivity index (χ0n) is 39.3. The fourth-order valence-corrected chi connectivity index (χ4v) is 12.8. The Hall–Kier alpha value is -7.80. The quantitative estimate of drug-likeness (QED) is 0.120. The first kappa shape index (κ1) is 38.3. The molecule has 0 heteroatoms. The molecular weight excluding hydrogens is 817 g/mol. The van der Waals surface area contributed by atoms with Crippen LogP contribution in [0.4, 0.5) is 0 Å². The Bertz CT molecular complexity index is 4510. The molecule has 14 aromatic rings. The van der Waals surface area contributed by atoms with Gasteiger partial charge in [-0.25, -0.2) is 0 Å². The van der Waals surface area contributed by atoms with E-state index in [0.29, 0.717) is 0 Å². The van der Waals surface area contributed by atoms with Crippen LogP contribution in [-0.2, 0) is 10.8 Å². The number of hydrogen-bond donors (Lipinski definition) is 0. The van der Waals surface area contributed by atoms with Crippen LogP contribution in [-0.4, -0.2) is 0 Å². The van der Waals surface area contributed by atoms with Gasteiger partial charge in [0.15, 0.2) is 0 Å². The fourth-order valence-electron chi connectivity index (χ4n) is 12.8. The molecule has 0 nitrogen and oxygen atoms in total. The Morgan fingerprint density at radius 2 is 0.647 bits per heavy atom. The third-order valence-corrected chi connectivity index (χ3v) is 16.1. The van der Waals surface area contributed by atoms with Gasteiger partial charge in [0.2, 0.25) is 0 Å². The first-order chi connectivity index (χ1) is 33.0. The second-order valence-electron chi connectivity index (χ2n) is 22.0. The monoisotopic (exact) mass is 864 g/mol. The lowest BCUT2D eigenvalue weighted by Crippen LogP contribution is -2.10. The van der Waals surface area contributed by atoms with E-state index in [1.54, 1.807) is 0 Å². The Balaban J connectivity index is 1.15. The molecule has 1 aliphatic rings. The van der Waals surface area contributed by atoms with Gasteiger partial charge >= 0.3 is 0 Å². The van der Waals surface area contributed by atoms with Crippen LogP contribution in [0.25, 0.3) is 152 Å². The molecule has 0 spiro atoms. The molecule has 0 N–H and O–H groups in total. The van der Waals surface area contributed by atoms with Crippen molar-refractivity contribution in [2.24, 2.45) is 0 Å². The van der Waals surface area contributed by atoms with Crippen molar-refractivity contribution in [3.63, 3.8) is 0 Å². The smallest absolute Gasteiger partial charge is 0.000696 e. The summed E-state index contributed by atoms with van der Waals surface area (Å²) < 4.78 is 0. The van der Waals surface area contributed by atoms with Crippen molar-refractivity contribution in [2.45, 2.75) is 52.4 Å². The van der Waals surface area contributed by atoms with E-state index in [9.17, 15) is 0 Å². The lowest BCUT2D eigenvalue weighted by atomic mass is 9.78. The van der Waals surface area contributed by atoms with E-state index >= 15 is 0 Å². The summed E-state index contributed by atoms with van der Waals surface area (Å²) in [6.07, 6.45) is 0. The summed E-state index contributed by atoms with van der Waals surface area (Å²) in [6, 6.07) is 71.0. The van der Waals surface area contributed by atoms with Crippen molar-refractivity contribution in [1.29, 1.82) is 0 Å². The lowest BCUT2D eigenvalue weighted by Gasteiger charge is -2.25. The van der Waals surface area contributed by atoms with Crippen molar-refractivity contribution in [1.82, 2.24) is 0 Å². The van der Waals surface area contributed by atoms with Crippen molar-refractivity contribution >= 4 is 108 Å². The second-order valence-corrected chi connectivity index (χ2v) is 22.0. The molecule has 320 valence electrons. The van der Waals surface area contributed by atoms with Crippen molar-refractivity contribution in [2.75, 3.05) is 0 Å². The van der Waals surface area contributed by atoms with Crippen LogP contribution < -0.4 is 0 Å². The van der Waals surface area contributed by atoms with Gasteiger partial charge in [-0.1, -0.05) is 205 Å². The molecule has 1 aliphatic carbocycles. The molecule has 68 heavy (non-hydrogen) atoms. The van der Waals surface area contributed by atoms with E-state index in [1.165, 1.54) is 163 Å². The summed E-state index contributed by atoms with van der Waals surface area (Å²) in [5, 5.41) is 26.2. The van der Waals surface area contributed by atoms with Gasteiger partial charge in [-0.3, -0.25) is 0 Å². The number of benzene rings is 14. The Kier molecular flexibility index (Phi) is 7.33. The summed E-state index contributed by atoms with van der Waals surface area (Å²) in [5.74, 6) is 0. The maximum Gasteiger partial charge on any atom is -0.000696 e. The van der Waals surface area contributed by atoms with Gasteiger partial charge in [0.25, 0.3) is 0 Å². The Morgan fingerprint density at radius 1 is 0.221 bits per heavy atom. The number of rotatable bonds is 2. The molecule has 0 saturated heterocycles. The molecule has 0 unspecified atom stereocenters. The van der Waals surface area contributed by atoms with Gasteiger partial charge in [-0.15, -0.1) is 0 Å². The minimum atomic E-state index is 0.0459. The van der Waals surface area contributed by atoms with Crippen molar-refractivity contribution in [3.05, 3.63) is 193 Å². The Labute approximate surface area is 395 Å². The highest BCUT2D eigenvalue weighted by atomic mass is 14.4. The van der Waals surface area contributed by atoms with Crippen LogP contribution in [0, 0.1) is 0 Å². The molecule has 14 aromatic carbocycles. The highest BCUT2D eigenvalue weighted by molar-refractivity contribution is 6.36. The fraction of sp³-hybridized carbons (Fsp3) is 0.118. The van der Waals surface area contributed by atoms with Gasteiger partial charge in [-0.2, -0.15) is 0 Å². The zero-order chi connectivity index (χ0) is 45.5. The van der Waals surface area contributed by atoms with E-state index in [4.69, 9.17) is 0 Å². The first-order valence-electron chi connectivity index (χ1n) is 24.4. The van der Waals surface area contributed by atoms with Crippen LogP contribution in [0.5, 0.6) is 0 Å². The van der Waals surface area contributed by atoms with E-state index < -0.39 is 0 Å². The first-order valence-corrected chi connectivity index (χ1v) is 24.4. The predicted octanol–water partition coefficient (Wildman–Crippen LogP) is 19.7. The molecule has 0 fully saturated rings. The predicted molar refractivity (Wildman–Crippen MR) is 297 cm³/mol. The number of hydrogen-bond acceptors (Lipinski definition) is 0. The average Bonchev–Trinajstić information content (AvgIpc) is 3.66. The van der Waals surface area contributed by atoms with Crippen molar-refractivity contribution < 1.29 is 0 Å². The third-order valence-electron chi connectivity index (χ3n) is 16.1. The van der Waals surface area contributed by atoms with Gasteiger partial charge in [-0.05, 0) is 192 Å². The summed E-state index contributed by atoms with van der Waals surface area (Å²) in [7, 11) is 0. The molecule has 0 amide bonds. The average molecular weight is 865 g/mol. The minimum Gasteiger partial charge on any atom is -0.0616 e. The second kappa shape index (κ2) is 13.0. The molecule has 0 saturated carbocycles. The SMILES string of the molecule is CC(C)(C)c1cc2ccc3ccc(-c4c5c(c(-c6ccc7ccc8cc(C(C)(C)C)cc9ccc6c7c89)c6cc7ccccc7cc46)-c4cc6ccccc6c6cccc-5c46)c4ccc(c1)c2c34. The minimum absolute atomic E-state index is 0.0459. The number of fused-ring (bicyclic) bond motifs is 7. The largest absolute Gasteiger partial charge is 0.0616 e. The normalized spacial score (nSPS) is 13.1. The van der Waals surface area contributed by atoms with Crippen molar-refractivity contribution in [3.8, 4) is 44.5 Å². The molecule has 15 rings (SSSR count). The van der Waals surface area contributed by atoms with Gasteiger partial charge < -0.3 is 0 Å².